The molecule has 0 unspecified atom stereocenters. The van der Waals surface area contributed by atoms with Crippen molar-refractivity contribution in [2.24, 2.45) is 0 Å². The highest BCUT2D eigenvalue weighted by atomic mass is 35.5. The van der Waals surface area contributed by atoms with Crippen LogP contribution in [0.3, 0.4) is 0 Å². The Balaban J connectivity index is 1.49. The Morgan fingerprint density at radius 1 is 1.23 bits per heavy atom. The number of hydrogen-bond donors (Lipinski definition) is 1. The topological polar surface area (TPSA) is 50.8 Å². The van der Waals surface area contributed by atoms with Gasteiger partial charge in [-0.2, -0.15) is 13.2 Å². The highest BCUT2D eigenvalue weighted by Crippen LogP contribution is 2.34. The fourth-order valence-corrected chi connectivity index (χ4v) is 3.34. The van der Waals surface area contributed by atoms with Crippen LogP contribution in [0.15, 0.2) is 18.2 Å². The molecule has 26 heavy (non-hydrogen) atoms. The van der Waals surface area contributed by atoms with Crippen LogP contribution >= 0.6 is 11.6 Å². The van der Waals surface area contributed by atoms with Gasteiger partial charge in [-0.25, -0.2) is 0 Å². The molecule has 2 heterocycles. The van der Waals surface area contributed by atoms with Gasteiger partial charge in [-0.05, 0) is 18.2 Å². The second-order valence-corrected chi connectivity index (χ2v) is 6.85. The molecule has 1 aromatic carbocycles. The number of benzene rings is 1. The summed E-state index contributed by atoms with van der Waals surface area (Å²) in [4.78, 5) is 14.2. The van der Waals surface area contributed by atoms with E-state index in [9.17, 15) is 18.0 Å². The first-order valence-electron chi connectivity index (χ1n) is 8.44. The van der Waals surface area contributed by atoms with E-state index in [4.69, 9.17) is 21.1 Å². The molecule has 0 aliphatic carbocycles. The van der Waals surface area contributed by atoms with Gasteiger partial charge >= 0.3 is 6.18 Å². The third-order valence-corrected chi connectivity index (χ3v) is 4.98. The van der Waals surface area contributed by atoms with Crippen molar-refractivity contribution in [3.63, 3.8) is 0 Å². The molecule has 1 amide bonds. The van der Waals surface area contributed by atoms with E-state index in [-0.39, 0.29) is 23.0 Å². The number of nitrogens with one attached hydrogen (secondary N) is 1. The number of anilines is 1. The number of amides is 1. The lowest BCUT2D eigenvalue weighted by Gasteiger charge is -2.37. The molecule has 2 fully saturated rings. The molecule has 3 rings (SSSR count). The predicted octanol–water partition coefficient (Wildman–Crippen LogP) is 3.53. The standard InChI is InChI=1S/C17H20ClF3N2O3/c18-13-2-1-12(17(19,20)21)11-14(13)22-15(24)3-6-23-7-4-16(5-8-23)25-9-10-26-16/h1-2,11H,3-10H2,(H,22,24). The van der Waals surface area contributed by atoms with E-state index < -0.39 is 17.5 Å². The minimum absolute atomic E-state index is 0.0307. The molecule has 2 aliphatic rings. The van der Waals surface area contributed by atoms with Crippen LogP contribution in [-0.2, 0) is 20.4 Å². The van der Waals surface area contributed by atoms with E-state index in [0.717, 1.165) is 44.1 Å². The summed E-state index contributed by atoms with van der Waals surface area (Å²) in [6, 6.07) is 2.86. The molecule has 2 aliphatic heterocycles. The Morgan fingerprint density at radius 2 is 1.88 bits per heavy atom. The molecule has 2 saturated heterocycles. The van der Waals surface area contributed by atoms with Gasteiger partial charge in [-0.1, -0.05) is 11.6 Å². The van der Waals surface area contributed by atoms with E-state index in [1.54, 1.807) is 0 Å². The molecule has 0 bridgehead atoms. The average molecular weight is 393 g/mol. The number of halogens is 4. The number of alkyl halides is 3. The highest BCUT2D eigenvalue weighted by Gasteiger charge is 2.39. The summed E-state index contributed by atoms with van der Waals surface area (Å²) in [5.74, 6) is -0.843. The zero-order valence-electron chi connectivity index (χ0n) is 14.1. The zero-order valence-corrected chi connectivity index (χ0v) is 14.8. The van der Waals surface area contributed by atoms with Gasteiger partial charge in [0.15, 0.2) is 5.79 Å². The fraction of sp³-hybridized carbons (Fsp3) is 0.588. The van der Waals surface area contributed by atoms with Crippen LogP contribution in [-0.4, -0.2) is 49.4 Å². The van der Waals surface area contributed by atoms with Gasteiger partial charge in [0.25, 0.3) is 0 Å². The monoisotopic (exact) mass is 392 g/mol. The lowest BCUT2D eigenvalue weighted by atomic mass is 10.0. The van der Waals surface area contributed by atoms with Crippen LogP contribution in [0.2, 0.25) is 5.02 Å². The number of carbonyl (C=O) groups excluding carboxylic acids is 1. The van der Waals surface area contributed by atoms with Crippen molar-refractivity contribution in [2.75, 3.05) is 38.2 Å². The lowest BCUT2D eigenvalue weighted by molar-refractivity contribution is -0.185. The third kappa shape index (κ3) is 4.68. The minimum atomic E-state index is -4.49. The number of rotatable bonds is 4. The molecule has 1 spiro atoms. The molecule has 1 N–H and O–H groups in total. The molecule has 9 heteroatoms. The number of carbonyl (C=O) groups is 1. The molecule has 0 radical (unpaired) electrons. The van der Waals surface area contributed by atoms with Crippen molar-refractivity contribution in [3.05, 3.63) is 28.8 Å². The Hall–Kier alpha value is -1.35. The quantitative estimate of drug-likeness (QED) is 0.851. The molecule has 0 aromatic heterocycles. The largest absolute Gasteiger partial charge is 0.416 e. The molecule has 5 nitrogen and oxygen atoms in total. The third-order valence-electron chi connectivity index (χ3n) is 4.65. The van der Waals surface area contributed by atoms with E-state index in [1.165, 1.54) is 0 Å². The summed E-state index contributed by atoms with van der Waals surface area (Å²) < 4.78 is 49.6. The first-order valence-corrected chi connectivity index (χ1v) is 8.82. The maximum atomic E-state index is 12.8. The van der Waals surface area contributed by atoms with Crippen molar-refractivity contribution >= 4 is 23.2 Å². The SMILES string of the molecule is O=C(CCN1CCC2(CC1)OCCO2)Nc1cc(C(F)(F)F)ccc1Cl. The van der Waals surface area contributed by atoms with Crippen LogP contribution in [0.5, 0.6) is 0 Å². The number of likely N-dealkylation sites (tertiary alicyclic amines) is 1. The Morgan fingerprint density at radius 3 is 2.50 bits per heavy atom. The van der Waals surface area contributed by atoms with Crippen molar-refractivity contribution in [1.82, 2.24) is 4.90 Å². The molecular formula is C17H20ClF3N2O3. The van der Waals surface area contributed by atoms with E-state index in [2.05, 4.69) is 10.2 Å². The van der Waals surface area contributed by atoms with Gasteiger partial charge in [0.2, 0.25) is 5.91 Å². The van der Waals surface area contributed by atoms with Crippen molar-refractivity contribution in [2.45, 2.75) is 31.2 Å². The Kier molecular flexibility index (Phi) is 5.76. The predicted molar refractivity (Wildman–Crippen MR) is 90.0 cm³/mol. The summed E-state index contributed by atoms with van der Waals surface area (Å²) in [6.07, 6.45) is -2.83. The fourth-order valence-electron chi connectivity index (χ4n) is 3.17. The van der Waals surface area contributed by atoms with Gasteiger partial charge < -0.3 is 19.7 Å². The van der Waals surface area contributed by atoms with Gasteiger partial charge in [0.05, 0.1) is 29.5 Å². The zero-order chi connectivity index (χ0) is 18.8. The smallest absolute Gasteiger partial charge is 0.347 e. The van der Waals surface area contributed by atoms with Crippen LogP contribution in [0.1, 0.15) is 24.8 Å². The first kappa shape index (κ1) is 19.4. The summed E-state index contributed by atoms with van der Waals surface area (Å²) in [5.41, 5.74) is -0.882. The normalized spacial score (nSPS) is 20.5. The van der Waals surface area contributed by atoms with E-state index >= 15 is 0 Å². The van der Waals surface area contributed by atoms with E-state index in [0.29, 0.717) is 19.8 Å². The summed E-state index contributed by atoms with van der Waals surface area (Å²) in [5, 5.41) is 2.54. The van der Waals surface area contributed by atoms with E-state index in [1.807, 2.05) is 0 Å². The molecule has 1 aromatic rings. The first-order chi connectivity index (χ1) is 12.3. The minimum Gasteiger partial charge on any atom is -0.347 e. The second-order valence-electron chi connectivity index (χ2n) is 6.44. The number of hydrogen-bond acceptors (Lipinski definition) is 4. The van der Waals surface area contributed by atoms with Crippen molar-refractivity contribution < 1.29 is 27.4 Å². The number of nitrogens with zero attached hydrogens (tertiary/aromatic N) is 1. The van der Waals surface area contributed by atoms with Gasteiger partial charge in [-0.3, -0.25) is 4.79 Å². The van der Waals surface area contributed by atoms with Gasteiger partial charge in [-0.15, -0.1) is 0 Å². The maximum Gasteiger partial charge on any atom is 0.416 e. The van der Waals surface area contributed by atoms with Crippen LogP contribution in [0.4, 0.5) is 18.9 Å². The van der Waals surface area contributed by atoms with Gasteiger partial charge in [0, 0.05) is 38.9 Å². The number of ether oxygens (including phenoxy) is 2. The highest BCUT2D eigenvalue weighted by molar-refractivity contribution is 6.33. The summed E-state index contributed by atoms with van der Waals surface area (Å²) in [6.45, 7) is 3.23. The van der Waals surface area contributed by atoms with Crippen LogP contribution < -0.4 is 5.32 Å². The second kappa shape index (κ2) is 7.72. The molecule has 144 valence electrons. The lowest BCUT2D eigenvalue weighted by Crippen LogP contribution is -2.45. The molecular weight excluding hydrogens is 373 g/mol. The van der Waals surface area contributed by atoms with Crippen molar-refractivity contribution in [3.8, 4) is 0 Å². The number of piperidine rings is 1. The van der Waals surface area contributed by atoms with Crippen LogP contribution in [0.25, 0.3) is 0 Å². The Labute approximate surface area is 154 Å². The molecule has 0 saturated carbocycles. The Bertz CT molecular complexity index is 653. The van der Waals surface area contributed by atoms with Gasteiger partial charge in [0.1, 0.15) is 0 Å². The van der Waals surface area contributed by atoms with Crippen LogP contribution in [0, 0.1) is 0 Å². The summed E-state index contributed by atoms with van der Waals surface area (Å²) >= 11 is 5.89. The maximum absolute atomic E-state index is 12.8. The average Bonchev–Trinajstić information content (AvgIpc) is 3.04. The summed E-state index contributed by atoms with van der Waals surface area (Å²) in [7, 11) is 0. The van der Waals surface area contributed by atoms with Crippen molar-refractivity contribution in [1.29, 1.82) is 0 Å². The molecule has 0 atom stereocenters.